The molecule has 0 spiro atoms. The van der Waals surface area contributed by atoms with Crippen molar-refractivity contribution in [2.75, 3.05) is 13.2 Å². The minimum absolute atomic E-state index is 0.148. The van der Waals surface area contributed by atoms with Crippen LogP contribution in [0.3, 0.4) is 0 Å². The molecule has 0 amide bonds. The van der Waals surface area contributed by atoms with E-state index in [1.165, 1.54) is 6.34 Å². The number of carbonyl (C=O) groups is 1. The standard InChI is InChI=1S/C16H24N4O4/c1-4-5-13-15(17)18-10-19-20(13)14-7-6-12(24-14)9-23-16(21)22-8-11(2)3/h4-5,10-12,14H,1,6-9H2,2-3H3,(H2,17,18,19)/b13-5-. The zero-order valence-electron chi connectivity index (χ0n) is 14.1. The van der Waals surface area contributed by atoms with Crippen molar-refractivity contribution in [1.82, 2.24) is 5.01 Å². The van der Waals surface area contributed by atoms with E-state index in [4.69, 9.17) is 19.9 Å². The average molecular weight is 336 g/mol. The average Bonchev–Trinajstić information content (AvgIpc) is 3.02. The van der Waals surface area contributed by atoms with E-state index < -0.39 is 6.16 Å². The summed E-state index contributed by atoms with van der Waals surface area (Å²) >= 11 is 0. The third-order valence-corrected chi connectivity index (χ3v) is 3.44. The van der Waals surface area contributed by atoms with Crippen LogP contribution in [0.5, 0.6) is 0 Å². The van der Waals surface area contributed by atoms with Gasteiger partial charge in [0.25, 0.3) is 0 Å². The topological polar surface area (TPSA) is 98.7 Å². The van der Waals surface area contributed by atoms with Crippen molar-refractivity contribution < 1.29 is 19.0 Å². The van der Waals surface area contributed by atoms with Crippen molar-refractivity contribution >= 4 is 18.3 Å². The molecule has 1 saturated heterocycles. The lowest BCUT2D eigenvalue weighted by Crippen LogP contribution is -2.38. The summed E-state index contributed by atoms with van der Waals surface area (Å²) in [7, 11) is 0. The molecule has 0 bridgehead atoms. The predicted octanol–water partition coefficient (Wildman–Crippen LogP) is 1.99. The van der Waals surface area contributed by atoms with Gasteiger partial charge in [0.05, 0.1) is 12.7 Å². The van der Waals surface area contributed by atoms with Gasteiger partial charge in [0.2, 0.25) is 0 Å². The van der Waals surface area contributed by atoms with Crippen molar-refractivity contribution in [3.63, 3.8) is 0 Å². The molecule has 8 heteroatoms. The molecule has 0 aromatic carbocycles. The molecule has 0 saturated carbocycles. The lowest BCUT2D eigenvalue weighted by Gasteiger charge is -2.29. The van der Waals surface area contributed by atoms with Gasteiger partial charge in [-0.3, -0.25) is 0 Å². The molecule has 2 aliphatic rings. The Hall–Kier alpha value is -2.35. The number of hydrogen-bond donors (Lipinski definition) is 1. The van der Waals surface area contributed by atoms with Crippen molar-refractivity contribution in [3.8, 4) is 0 Å². The summed E-state index contributed by atoms with van der Waals surface area (Å²) in [5.74, 6) is 0.620. The van der Waals surface area contributed by atoms with Gasteiger partial charge >= 0.3 is 6.16 Å². The first-order chi connectivity index (χ1) is 11.5. The minimum Gasteiger partial charge on any atom is -0.434 e. The van der Waals surface area contributed by atoms with Crippen LogP contribution in [-0.4, -0.2) is 48.9 Å². The fourth-order valence-electron chi connectivity index (χ4n) is 2.32. The van der Waals surface area contributed by atoms with E-state index in [1.807, 2.05) is 13.8 Å². The second-order valence-corrected chi connectivity index (χ2v) is 5.93. The molecular formula is C16H24N4O4. The molecule has 2 N–H and O–H groups in total. The fourth-order valence-corrected chi connectivity index (χ4v) is 2.32. The van der Waals surface area contributed by atoms with Gasteiger partial charge in [0.15, 0.2) is 12.1 Å². The Morgan fingerprint density at radius 2 is 2.33 bits per heavy atom. The summed E-state index contributed by atoms with van der Waals surface area (Å²) in [6.07, 6.45) is 5.03. The van der Waals surface area contributed by atoms with Crippen LogP contribution in [0.15, 0.2) is 34.5 Å². The first-order valence-corrected chi connectivity index (χ1v) is 7.94. The van der Waals surface area contributed by atoms with Crippen LogP contribution in [0.4, 0.5) is 4.79 Å². The van der Waals surface area contributed by atoms with Gasteiger partial charge in [-0.15, -0.1) is 0 Å². The molecule has 0 aromatic heterocycles. The van der Waals surface area contributed by atoms with E-state index >= 15 is 0 Å². The molecule has 0 aliphatic carbocycles. The summed E-state index contributed by atoms with van der Waals surface area (Å²) in [6.45, 7) is 8.07. The second-order valence-electron chi connectivity index (χ2n) is 5.93. The molecule has 24 heavy (non-hydrogen) atoms. The van der Waals surface area contributed by atoms with Gasteiger partial charge in [0.1, 0.15) is 18.6 Å². The monoisotopic (exact) mass is 336 g/mol. The van der Waals surface area contributed by atoms with Crippen molar-refractivity contribution in [2.45, 2.75) is 39.0 Å². The molecule has 2 unspecified atom stereocenters. The second kappa shape index (κ2) is 8.49. The third kappa shape index (κ3) is 4.82. The summed E-state index contributed by atoms with van der Waals surface area (Å²) in [4.78, 5) is 15.4. The zero-order valence-corrected chi connectivity index (χ0v) is 14.1. The number of rotatable bonds is 6. The number of amidine groups is 1. The quantitative estimate of drug-likeness (QED) is 0.745. The van der Waals surface area contributed by atoms with E-state index in [-0.39, 0.29) is 24.9 Å². The number of hydrazone groups is 1. The molecule has 0 radical (unpaired) electrons. The molecule has 2 aliphatic heterocycles. The Morgan fingerprint density at radius 3 is 3.04 bits per heavy atom. The maximum Gasteiger partial charge on any atom is 0.508 e. The Balaban J connectivity index is 1.83. The lowest BCUT2D eigenvalue weighted by molar-refractivity contribution is -0.0619. The van der Waals surface area contributed by atoms with Gasteiger partial charge in [-0.1, -0.05) is 26.5 Å². The molecule has 1 fully saturated rings. The molecular weight excluding hydrogens is 312 g/mol. The summed E-state index contributed by atoms with van der Waals surface area (Å²) in [5, 5.41) is 5.88. The normalized spacial score (nSPS) is 25.0. The van der Waals surface area contributed by atoms with Gasteiger partial charge in [-0.25, -0.2) is 14.8 Å². The summed E-state index contributed by atoms with van der Waals surface area (Å²) in [6, 6.07) is 0. The van der Waals surface area contributed by atoms with E-state index in [0.29, 0.717) is 18.1 Å². The maximum atomic E-state index is 11.5. The van der Waals surface area contributed by atoms with Gasteiger partial charge in [-0.2, -0.15) is 5.10 Å². The van der Waals surface area contributed by atoms with Crippen LogP contribution in [0.25, 0.3) is 0 Å². The molecule has 0 aromatic rings. The van der Waals surface area contributed by atoms with Crippen LogP contribution < -0.4 is 5.73 Å². The highest BCUT2D eigenvalue weighted by molar-refractivity contribution is 6.01. The Kier molecular flexibility index (Phi) is 6.36. The Bertz CT molecular complexity index is 556. The highest BCUT2D eigenvalue weighted by Crippen LogP contribution is 2.27. The van der Waals surface area contributed by atoms with E-state index in [0.717, 1.165) is 12.8 Å². The smallest absolute Gasteiger partial charge is 0.434 e. The van der Waals surface area contributed by atoms with Crippen molar-refractivity contribution in [1.29, 1.82) is 0 Å². The van der Waals surface area contributed by atoms with Gasteiger partial charge < -0.3 is 19.9 Å². The van der Waals surface area contributed by atoms with Crippen LogP contribution >= 0.6 is 0 Å². The van der Waals surface area contributed by atoms with E-state index in [1.54, 1.807) is 17.2 Å². The Labute approximate surface area is 141 Å². The first kappa shape index (κ1) is 18.0. The van der Waals surface area contributed by atoms with Gasteiger partial charge in [0, 0.05) is 0 Å². The van der Waals surface area contributed by atoms with Crippen LogP contribution in [-0.2, 0) is 14.2 Å². The Morgan fingerprint density at radius 1 is 1.54 bits per heavy atom. The highest BCUT2D eigenvalue weighted by atomic mass is 16.7. The van der Waals surface area contributed by atoms with Crippen LogP contribution in [0.2, 0.25) is 0 Å². The largest absolute Gasteiger partial charge is 0.508 e. The maximum absolute atomic E-state index is 11.5. The zero-order chi connectivity index (χ0) is 17.5. The number of aliphatic imine (C=N–C) groups is 1. The van der Waals surface area contributed by atoms with Crippen LogP contribution in [0, 0.1) is 5.92 Å². The number of allylic oxidation sites excluding steroid dienone is 2. The number of nitrogens with zero attached hydrogens (tertiary/aromatic N) is 3. The molecule has 8 nitrogen and oxygen atoms in total. The van der Waals surface area contributed by atoms with E-state index in [2.05, 4.69) is 16.7 Å². The molecule has 2 heterocycles. The molecule has 132 valence electrons. The number of ether oxygens (including phenoxy) is 3. The minimum atomic E-state index is -0.671. The summed E-state index contributed by atoms with van der Waals surface area (Å²) in [5.41, 5.74) is 6.51. The number of hydrogen-bond acceptors (Lipinski definition) is 8. The SMILES string of the molecule is C=C/C=C1/C(N)=NC=NN1C1CCC(COC(=O)OCC(C)C)O1. The van der Waals surface area contributed by atoms with E-state index in [9.17, 15) is 4.79 Å². The molecule has 2 rings (SSSR count). The fraction of sp³-hybridized carbons (Fsp3) is 0.562. The molecule has 2 atom stereocenters. The van der Waals surface area contributed by atoms with Crippen molar-refractivity contribution in [3.05, 3.63) is 24.4 Å². The number of carbonyl (C=O) groups excluding carboxylic acids is 1. The van der Waals surface area contributed by atoms with Crippen molar-refractivity contribution in [2.24, 2.45) is 21.7 Å². The lowest BCUT2D eigenvalue weighted by atomic mass is 10.2. The van der Waals surface area contributed by atoms with Crippen LogP contribution in [0.1, 0.15) is 26.7 Å². The summed E-state index contributed by atoms with van der Waals surface area (Å²) < 4.78 is 15.9. The predicted molar refractivity (Wildman–Crippen MR) is 90.3 cm³/mol. The third-order valence-electron chi connectivity index (χ3n) is 3.44. The number of nitrogens with two attached hydrogens (primary N) is 1. The first-order valence-electron chi connectivity index (χ1n) is 7.94. The highest BCUT2D eigenvalue weighted by Gasteiger charge is 2.33. The van der Waals surface area contributed by atoms with Gasteiger partial charge in [-0.05, 0) is 24.8 Å².